The maximum atomic E-state index is 11.9. The van der Waals surface area contributed by atoms with E-state index in [1.807, 2.05) is 0 Å². The largest absolute Gasteiger partial charge is 0.497 e. The highest BCUT2D eigenvalue weighted by atomic mass is 35.5. The highest BCUT2D eigenvalue weighted by Gasteiger charge is 2.47. The lowest BCUT2D eigenvalue weighted by Crippen LogP contribution is -2.50. The van der Waals surface area contributed by atoms with Crippen LogP contribution in [0.1, 0.15) is 5.56 Å². The molecule has 1 aliphatic heterocycles. The average molecular weight is 270 g/mol. The lowest BCUT2D eigenvalue weighted by Gasteiger charge is -2.25. The van der Waals surface area contributed by atoms with E-state index in [9.17, 15) is 9.59 Å². The first-order valence-corrected chi connectivity index (χ1v) is 5.59. The molecule has 0 radical (unpaired) electrons. The molecule has 0 spiro atoms. The SMILES string of the molecule is COc1ccc(C2(CN)NC(=O)NC2=O)c(Cl)c1. The summed E-state index contributed by atoms with van der Waals surface area (Å²) in [5, 5.41) is 4.97. The summed E-state index contributed by atoms with van der Waals surface area (Å²) in [5.74, 6) is 0.0442. The van der Waals surface area contributed by atoms with Crippen LogP contribution in [0, 0.1) is 0 Å². The molecule has 1 aromatic rings. The molecule has 0 bridgehead atoms. The topological polar surface area (TPSA) is 93.4 Å². The molecule has 1 heterocycles. The van der Waals surface area contributed by atoms with E-state index in [0.717, 1.165) is 0 Å². The minimum Gasteiger partial charge on any atom is -0.497 e. The molecule has 6 nitrogen and oxygen atoms in total. The molecular weight excluding hydrogens is 258 g/mol. The summed E-state index contributed by atoms with van der Waals surface area (Å²) in [6, 6.07) is 4.24. The summed E-state index contributed by atoms with van der Waals surface area (Å²) in [4.78, 5) is 23.1. The van der Waals surface area contributed by atoms with Gasteiger partial charge in [0, 0.05) is 12.1 Å². The monoisotopic (exact) mass is 269 g/mol. The molecule has 0 saturated carbocycles. The summed E-state index contributed by atoms with van der Waals surface area (Å²) in [5.41, 5.74) is 4.75. The molecule has 1 aliphatic rings. The van der Waals surface area contributed by atoms with Crippen LogP contribution >= 0.6 is 11.6 Å². The highest BCUT2D eigenvalue weighted by molar-refractivity contribution is 6.32. The van der Waals surface area contributed by atoms with Crippen molar-refractivity contribution in [2.75, 3.05) is 13.7 Å². The third-order valence-corrected chi connectivity index (χ3v) is 3.20. The lowest BCUT2D eigenvalue weighted by molar-refractivity contribution is -0.123. The van der Waals surface area contributed by atoms with Crippen LogP contribution in [0.2, 0.25) is 5.02 Å². The molecule has 1 atom stereocenters. The van der Waals surface area contributed by atoms with Gasteiger partial charge < -0.3 is 15.8 Å². The lowest BCUT2D eigenvalue weighted by atomic mass is 9.90. The molecule has 2 rings (SSSR count). The number of benzene rings is 1. The number of carbonyl (C=O) groups is 2. The fraction of sp³-hybridized carbons (Fsp3) is 0.273. The van der Waals surface area contributed by atoms with Crippen LogP contribution in [0.4, 0.5) is 4.79 Å². The van der Waals surface area contributed by atoms with E-state index in [1.54, 1.807) is 18.2 Å². The number of methoxy groups -OCH3 is 1. The standard InChI is InChI=1S/C11H12ClN3O3/c1-18-6-2-3-7(8(12)4-6)11(5-13)9(16)14-10(17)15-11/h2-4H,5,13H2,1H3,(H2,14,15,16,17). The van der Waals surface area contributed by atoms with E-state index in [4.69, 9.17) is 22.1 Å². The Hall–Kier alpha value is -1.79. The van der Waals surface area contributed by atoms with Crippen molar-refractivity contribution >= 4 is 23.5 Å². The average Bonchev–Trinajstić information content (AvgIpc) is 2.64. The van der Waals surface area contributed by atoms with Crippen LogP contribution in [0.15, 0.2) is 18.2 Å². The van der Waals surface area contributed by atoms with Crippen molar-refractivity contribution < 1.29 is 14.3 Å². The van der Waals surface area contributed by atoms with Gasteiger partial charge in [0.1, 0.15) is 5.75 Å². The summed E-state index contributed by atoms with van der Waals surface area (Å²) < 4.78 is 5.02. The van der Waals surface area contributed by atoms with Crippen LogP contribution in [0.25, 0.3) is 0 Å². The highest BCUT2D eigenvalue weighted by Crippen LogP contribution is 2.32. The number of urea groups is 1. The maximum absolute atomic E-state index is 11.9. The van der Waals surface area contributed by atoms with Crippen LogP contribution in [0.3, 0.4) is 0 Å². The van der Waals surface area contributed by atoms with Gasteiger partial charge in [0.15, 0.2) is 5.54 Å². The second kappa shape index (κ2) is 4.47. The van der Waals surface area contributed by atoms with Crippen molar-refractivity contribution in [2.45, 2.75) is 5.54 Å². The normalized spacial score (nSPS) is 22.6. The molecule has 7 heteroatoms. The van der Waals surface area contributed by atoms with Crippen molar-refractivity contribution in [1.29, 1.82) is 0 Å². The molecule has 1 aromatic carbocycles. The van der Waals surface area contributed by atoms with Gasteiger partial charge in [-0.05, 0) is 12.1 Å². The molecule has 1 unspecified atom stereocenters. The first-order chi connectivity index (χ1) is 8.53. The Morgan fingerprint density at radius 1 is 1.44 bits per heavy atom. The predicted octanol–water partition coefficient (Wildman–Crippen LogP) is 0.342. The third-order valence-electron chi connectivity index (χ3n) is 2.88. The van der Waals surface area contributed by atoms with Gasteiger partial charge in [-0.1, -0.05) is 17.7 Å². The Morgan fingerprint density at radius 2 is 2.17 bits per heavy atom. The summed E-state index contributed by atoms with van der Waals surface area (Å²) in [7, 11) is 1.51. The Bertz CT molecular complexity index is 520. The number of amides is 3. The van der Waals surface area contributed by atoms with E-state index in [-0.39, 0.29) is 6.54 Å². The zero-order chi connectivity index (χ0) is 13.3. The van der Waals surface area contributed by atoms with Crippen LogP contribution in [-0.2, 0) is 10.3 Å². The third kappa shape index (κ3) is 1.79. The second-order valence-electron chi connectivity index (χ2n) is 3.86. The Labute approximate surface area is 108 Å². The van der Waals surface area contributed by atoms with Gasteiger partial charge in [-0.25, -0.2) is 4.79 Å². The van der Waals surface area contributed by atoms with Crippen LogP contribution in [0.5, 0.6) is 5.75 Å². The number of nitrogens with one attached hydrogen (secondary N) is 2. The number of nitrogens with two attached hydrogens (primary N) is 1. The van der Waals surface area contributed by atoms with Crippen molar-refractivity contribution in [1.82, 2.24) is 10.6 Å². The molecule has 1 fully saturated rings. The summed E-state index contributed by atoms with van der Waals surface area (Å²) in [6.45, 7) is -0.0867. The van der Waals surface area contributed by atoms with Gasteiger partial charge in [-0.3, -0.25) is 10.1 Å². The maximum Gasteiger partial charge on any atom is 0.322 e. The second-order valence-corrected chi connectivity index (χ2v) is 4.27. The van der Waals surface area contributed by atoms with Gasteiger partial charge in [-0.15, -0.1) is 0 Å². The zero-order valence-corrected chi connectivity index (χ0v) is 10.4. The number of hydrogen-bond acceptors (Lipinski definition) is 4. The first-order valence-electron chi connectivity index (χ1n) is 5.21. The van der Waals surface area contributed by atoms with Gasteiger partial charge in [0.25, 0.3) is 5.91 Å². The van der Waals surface area contributed by atoms with Gasteiger partial charge in [-0.2, -0.15) is 0 Å². The van der Waals surface area contributed by atoms with E-state index in [2.05, 4.69) is 10.6 Å². The van der Waals surface area contributed by atoms with Gasteiger partial charge in [0.2, 0.25) is 0 Å². The number of rotatable bonds is 3. The minimum absolute atomic E-state index is 0.0867. The fourth-order valence-corrected chi connectivity index (χ4v) is 2.24. The number of imide groups is 1. The molecule has 96 valence electrons. The molecule has 0 aromatic heterocycles. The summed E-state index contributed by atoms with van der Waals surface area (Å²) >= 11 is 6.10. The smallest absolute Gasteiger partial charge is 0.322 e. The molecule has 4 N–H and O–H groups in total. The Morgan fingerprint density at radius 3 is 2.61 bits per heavy atom. The van der Waals surface area contributed by atoms with Crippen LogP contribution < -0.4 is 21.1 Å². The van der Waals surface area contributed by atoms with E-state index < -0.39 is 17.5 Å². The number of hydrogen-bond donors (Lipinski definition) is 3. The molecule has 3 amide bonds. The van der Waals surface area contributed by atoms with E-state index >= 15 is 0 Å². The number of halogens is 1. The summed E-state index contributed by atoms with van der Waals surface area (Å²) in [6.07, 6.45) is 0. The first kappa shape index (κ1) is 12.7. The van der Waals surface area contributed by atoms with Gasteiger partial charge in [0.05, 0.1) is 12.1 Å². The molecular formula is C11H12ClN3O3. The Kier molecular flexibility index (Phi) is 3.14. The quantitative estimate of drug-likeness (QED) is 0.690. The minimum atomic E-state index is -1.32. The Balaban J connectivity index is 2.52. The van der Waals surface area contributed by atoms with Crippen molar-refractivity contribution in [3.63, 3.8) is 0 Å². The fourth-order valence-electron chi connectivity index (χ4n) is 1.90. The molecule has 18 heavy (non-hydrogen) atoms. The van der Waals surface area contributed by atoms with Crippen molar-refractivity contribution in [3.8, 4) is 5.75 Å². The van der Waals surface area contributed by atoms with Crippen molar-refractivity contribution in [2.24, 2.45) is 5.73 Å². The zero-order valence-electron chi connectivity index (χ0n) is 9.62. The van der Waals surface area contributed by atoms with E-state index in [0.29, 0.717) is 16.3 Å². The number of ether oxygens (including phenoxy) is 1. The van der Waals surface area contributed by atoms with E-state index in [1.165, 1.54) is 7.11 Å². The molecule has 0 aliphatic carbocycles. The van der Waals surface area contributed by atoms with Gasteiger partial charge >= 0.3 is 6.03 Å². The molecule has 1 saturated heterocycles. The number of carbonyl (C=O) groups excluding carboxylic acids is 2. The van der Waals surface area contributed by atoms with Crippen LogP contribution in [-0.4, -0.2) is 25.6 Å². The van der Waals surface area contributed by atoms with Crippen molar-refractivity contribution in [3.05, 3.63) is 28.8 Å². The predicted molar refractivity (Wildman–Crippen MR) is 65.4 cm³/mol.